The van der Waals surface area contributed by atoms with Gasteiger partial charge in [-0.15, -0.1) is 0 Å². The largest absolute Gasteiger partial charge is 0.436 e. The van der Waals surface area contributed by atoms with E-state index in [9.17, 15) is 9.18 Å². The van der Waals surface area contributed by atoms with Crippen molar-refractivity contribution in [3.05, 3.63) is 83.4 Å². The van der Waals surface area contributed by atoms with Crippen LogP contribution in [0, 0.1) is 12.7 Å². The summed E-state index contributed by atoms with van der Waals surface area (Å²) in [6, 6.07) is 14.9. The molecule has 2 heterocycles. The average Bonchev–Trinajstić information content (AvgIpc) is 3.13. The summed E-state index contributed by atoms with van der Waals surface area (Å²) < 4.78 is 19.2. The van der Waals surface area contributed by atoms with Crippen LogP contribution >= 0.6 is 0 Å². The van der Waals surface area contributed by atoms with E-state index in [2.05, 4.69) is 15.3 Å². The summed E-state index contributed by atoms with van der Waals surface area (Å²) in [7, 11) is 0. The number of nitrogens with one attached hydrogen (secondary N) is 1. The average molecular weight is 389 g/mol. The Bertz CT molecular complexity index is 1190. The lowest BCUT2D eigenvalue weighted by atomic mass is 10.1. The second kappa shape index (κ2) is 7.83. The summed E-state index contributed by atoms with van der Waals surface area (Å²) in [5, 5.41) is 3.00. The predicted molar refractivity (Wildman–Crippen MR) is 109 cm³/mol. The number of halogens is 1. The number of hydrogen-bond acceptors (Lipinski definition) is 4. The van der Waals surface area contributed by atoms with Gasteiger partial charge in [-0.05, 0) is 61.9 Å². The van der Waals surface area contributed by atoms with Crippen molar-refractivity contribution in [3.63, 3.8) is 0 Å². The molecule has 2 aromatic carbocycles. The molecular weight excluding hydrogens is 369 g/mol. The molecule has 0 aliphatic carbocycles. The molecule has 0 unspecified atom stereocenters. The highest BCUT2D eigenvalue weighted by atomic mass is 19.1. The van der Waals surface area contributed by atoms with E-state index >= 15 is 0 Å². The van der Waals surface area contributed by atoms with E-state index in [1.807, 2.05) is 26.0 Å². The van der Waals surface area contributed by atoms with Gasteiger partial charge in [0.1, 0.15) is 11.3 Å². The molecule has 1 atom stereocenters. The van der Waals surface area contributed by atoms with Crippen molar-refractivity contribution in [2.75, 3.05) is 0 Å². The summed E-state index contributed by atoms with van der Waals surface area (Å²) in [6.07, 6.45) is 2.40. The maximum atomic E-state index is 13.5. The zero-order valence-electron chi connectivity index (χ0n) is 16.1. The van der Waals surface area contributed by atoms with E-state index in [0.717, 1.165) is 11.3 Å². The number of nitrogens with zero attached hydrogens (tertiary/aromatic N) is 2. The molecule has 0 radical (unpaired) electrons. The first kappa shape index (κ1) is 18.8. The predicted octanol–water partition coefficient (Wildman–Crippen LogP) is 4.70. The summed E-state index contributed by atoms with van der Waals surface area (Å²) >= 11 is 0. The molecule has 0 spiro atoms. The number of aromatic nitrogens is 2. The molecule has 5 nitrogen and oxygen atoms in total. The lowest BCUT2D eigenvalue weighted by Crippen LogP contribution is -2.34. The molecule has 0 saturated carbocycles. The van der Waals surface area contributed by atoms with Gasteiger partial charge in [0, 0.05) is 35.5 Å². The van der Waals surface area contributed by atoms with E-state index < -0.39 is 0 Å². The van der Waals surface area contributed by atoms with Crippen LogP contribution in [0.2, 0.25) is 0 Å². The zero-order chi connectivity index (χ0) is 20.4. The van der Waals surface area contributed by atoms with Crippen molar-refractivity contribution >= 4 is 17.0 Å². The third kappa shape index (κ3) is 4.16. The van der Waals surface area contributed by atoms with Crippen molar-refractivity contribution < 1.29 is 13.6 Å². The fourth-order valence-corrected chi connectivity index (χ4v) is 3.19. The van der Waals surface area contributed by atoms with Crippen molar-refractivity contribution in [3.8, 4) is 11.5 Å². The molecule has 0 aliphatic rings. The molecule has 4 aromatic rings. The Morgan fingerprint density at radius 1 is 1.17 bits per heavy atom. The Balaban J connectivity index is 1.51. The number of benzene rings is 2. The van der Waals surface area contributed by atoms with Crippen LogP contribution in [0.1, 0.15) is 28.5 Å². The van der Waals surface area contributed by atoms with Crippen LogP contribution in [0.15, 0.2) is 65.2 Å². The maximum Gasteiger partial charge on any atom is 0.251 e. The van der Waals surface area contributed by atoms with Gasteiger partial charge in [-0.3, -0.25) is 9.78 Å². The number of carbonyl (C=O) groups is 1. The Hall–Kier alpha value is -3.54. The van der Waals surface area contributed by atoms with Gasteiger partial charge < -0.3 is 9.73 Å². The van der Waals surface area contributed by atoms with Gasteiger partial charge in [0.2, 0.25) is 5.89 Å². The monoisotopic (exact) mass is 389 g/mol. The number of aryl methyl sites for hydroxylation is 1. The lowest BCUT2D eigenvalue weighted by molar-refractivity contribution is 0.0940. The number of pyridine rings is 1. The zero-order valence-corrected chi connectivity index (χ0v) is 16.1. The maximum absolute atomic E-state index is 13.5. The quantitative estimate of drug-likeness (QED) is 0.537. The fourth-order valence-electron chi connectivity index (χ4n) is 3.19. The van der Waals surface area contributed by atoms with Crippen LogP contribution in [0.3, 0.4) is 0 Å². The van der Waals surface area contributed by atoms with Gasteiger partial charge in [-0.25, -0.2) is 9.37 Å². The van der Waals surface area contributed by atoms with Gasteiger partial charge in [0.25, 0.3) is 5.91 Å². The van der Waals surface area contributed by atoms with E-state index in [4.69, 9.17) is 4.42 Å². The Labute approximate surface area is 167 Å². The highest BCUT2D eigenvalue weighted by molar-refractivity contribution is 5.97. The number of amides is 1. The Morgan fingerprint density at radius 3 is 2.83 bits per heavy atom. The molecule has 29 heavy (non-hydrogen) atoms. The second-order valence-corrected chi connectivity index (χ2v) is 7.06. The Morgan fingerprint density at radius 2 is 2.03 bits per heavy atom. The highest BCUT2D eigenvalue weighted by Gasteiger charge is 2.15. The van der Waals surface area contributed by atoms with Crippen molar-refractivity contribution in [2.45, 2.75) is 26.3 Å². The van der Waals surface area contributed by atoms with Crippen LogP contribution in [-0.2, 0) is 6.42 Å². The molecule has 2 aromatic heterocycles. The van der Waals surface area contributed by atoms with Gasteiger partial charge in [0.15, 0.2) is 5.58 Å². The van der Waals surface area contributed by atoms with E-state index in [1.165, 1.54) is 12.1 Å². The number of rotatable bonds is 5. The number of carbonyl (C=O) groups excluding carboxylic acids is 1. The molecule has 6 heteroatoms. The first-order valence-corrected chi connectivity index (χ1v) is 9.37. The molecule has 146 valence electrons. The molecular formula is C23H20FN3O2. The molecule has 1 amide bonds. The van der Waals surface area contributed by atoms with Crippen LogP contribution in [-0.4, -0.2) is 21.9 Å². The standard InChI is InChI=1S/C23H20FN3O2/c1-14-5-4-10-25-19(14)11-15(2)26-22(28)16-8-9-21-20(13-16)27-23(29-21)17-6-3-7-18(24)12-17/h3-10,12-13,15H,11H2,1-2H3,(H,26,28)/t15-/m0/s1. The fraction of sp³-hybridized carbons (Fsp3) is 0.174. The van der Waals surface area contributed by atoms with Crippen molar-refractivity contribution in [1.29, 1.82) is 0 Å². The third-order valence-corrected chi connectivity index (χ3v) is 4.72. The first-order chi connectivity index (χ1) is 14.0. The molecule has 0 bridgehead atoms. The van der Waals surface area contributed by atoms with Crippen LogP contribution < -0.4 is 5.32 Å². The molecule has 4 rings (SSSR count). The summed E-state index contributed by atoms with van der Waals surface area (Å²) in [5.41, 5.74) is 4.19. The van der Waals surface area contributed by atoms with Gasteiger partial charge in [-0.2, -0.15) is 0 Å². The van der Waals surface area contributed by atoms with Gasteiger partial charge in [-0.1, -0.05) is 12.1 Å². The number of fused-ring (bicyclic) bond motifs is 1. The third-order valence-electron chi connectivity index (χ3n) is 4.72. The smallest absolute Gasteiger partial charge is 0.251 e. The Kier molecular flexibility index (Phi) is 5.08. The molecule has 1 N–H and O–H groups in total. The van der Waals surface area contributed by atoms with Crippen LogP contribution in [0.5, 0.6) is 0 Å². The van der Waals surface area contributed by atoms with E-state index in [-0.39, 0.29) is 17.8 Å². The molecule has 0 saturated heterocycles. The molecule has 0 aliphatic heterocycles. The molecule has 0 fully saturated rings. The normalized spacial score (nSPS) is 12.1. The number of oxazole rings is 1. The topological polar surface area (TPSA) is 68.0 Å². The SMILES string of the molecule is Cc1cccnc1C[C@H](C)NC(=O)c1ccc2oc(-c3cccc(F)c3)nc2c1. The van der Waals surface area contributed by atoms with Gasteiger partial charge >= 0.3 is 0 Å². The summed E-state index contributed by atoms with van der Waals surface area (Å²) in [4.78, 5) is 21.4. The minimum absolute atomic E-state index is 0.0769. The van der Waals surface area contributed by atoms with Crippen molar-refractivity contribution in [1.82, 2.24) is 15.3 Å². The minimum atomic E-state index is -0.359. The second-order valence-electron chi connectivity index (χ2n) is 7.06. The van der Waals surface area contributed by atoms with E-state index in [0.29, 0.717) is 34.5 Å². The van der Waals surface area contributed by atoms with E-state index in [1.54, 1.807) is 36.5 Å². The van der Waals surface area contributed by atoms with Crippen molar-refractivity contribution in [2.24, 2.45) is 0 Å². The van der Waals surface area contributed by atoms with Gasteiger partial charge in [0.05, 0.1) is 0 Å². The summed E-state index contributed by atoms with van der Waals surface area (Å²) in [5.74, 6) is -0.235. The highest BCUT2D eigenvalue weighted by Crippen LogP contribution is 2.25. The van der Waals surface area contributed by atoms with Crippen LogP contribution in [0.4, 0.5) is 4.39 Å². The van der Waals surface area contributed by atoms with Crippen LogP contribution in [0.25, 0.3) is 22.6 Å². The minimum Gasteiger partial charge on any atom is -0.436 e. The lowest BCUT2D eigenvalue weighted by Gasteiger charge is -2.14. The first-order valence-electron chi connectivity index (χ1n) is 9.37. The number of hydrogen-bond donors (Lipinski definition) is 1. The summed E-state index contributed by atoms with van der Waals surface area (Å²) in [6.45, 7) is 3.95.